The van der Waals surface area contributed by atoms with Crippen LogP contribution in [-0.2, 0) is 11.2 Å². The second-order valence-corrected chi connectivity index (χ2v) is 7.88. The Morgan fingerprint density at radius 1 is 1.10 bits per heavy atom. The zero-order valence-corrected chi connectivity index (χ0v) is 18.4. The van der Waals surface area contributed by atoms with Crippen LogP contribution in [0.4, 0.5) is 0 Å². The molecule has 158 valence electrons. The van der Waals surface area contributed by atoms with Crippen LogP contribution in [0.3, 0.4) is 0 Å². The second-order valence-electron chi connectivity index (χ2n) is 7.88. The molecule has 0 unspecified atom stereocenters. The van der Waals surface area contributed by atoms with Crippen LogP contribution in [0.25, 0.3) is 0 Å². The number of rotatable bonds is 7. The number of aryl methyl sites for hydroxylation is 1. The molecular weight excluding hydrogens is 374 g/mol. The molecule has 2 heterocycles. The third kappa shape index (κ3) is 3.99. The van der Waals surface area contributed by atoms with Crippen molar-refractivity contribution >= 4 is 5.71 Å². The first kappa shape index (κ1) is 20.6. The van der Waals surface area contributed by atoms with Gasteiger partial charge < -0.3 is 14.4 Å². The molecule has 2 aliphatic rings. The lowest BCUT2D eigenvalue weighted by atomic mass is 10.0. The Hall–Kier alpha value is -2.66. The molecule has 5 nitrogen and oxygen atoms in total. The minimum atomic E-state index is 0.128. The summed E-state index contributed by atoms with van der Waals surface area (Å²) < 4.78 is 12.5. The molecule has 2 atom stereocenters. The van der Waals surface area contributed by atoms with Crippen molar-refractivity contribution in [1.29, 1.82) is 0 Å². The normalized spacial score (nSPS) is 20.9. The Morgan fingerprint density at radius 2 is 1.93 bits per heavy atom. The smallest absolute Gasteiger partial charge is 0.240 e. The van der Waals surface area contributed by atoms with Gasteiger partial charge in [-0.2, -0.15) is 0 Å². The lowest BCUT2D eigenvalue weighted by molar-refractivity contribution is 0.0114. The van der Waals surface area contributed by atoms with E-state index in [2.05, 4.69) is 54.9 Å². The molecule has 1 aromatic carbocycles. The number of hydrogen-bond acceptors (Lipinski definition) is 5. The molecule has 5 heteroatoms. The number of pyridine rings is 1. The molecule has 1 aliphatic carbocycles. The first-order chi connectivity index (χ1) is 14.6. The quantitative estimate of drug-likeness (QED) is 0.634. The molecule has 0 bridgehead atoms. The summed E-state index contributed by atoms with van der Waals surface area (Å²) in [6, 6.07) is 12.8. The Labute approximate surface area is 179 Å². The van der Waals surface area contributed by atoms with Gasteiger partial charge in [0.05, 0.1) is 24.4 Å². The highest BCUT2D eigenvalue weighted by Gasteiger charge is 2.40. The molecule has 1 aliphatic heterocycles. The molecule has 4 rings (SSSR count). The summed E-state index contributed by atoms with van der Waals surface area (Å²) in [5.41, 5.74) is 6.08. The van der Waals surface area contributed by atoms with Gasteiger partial charge in [-0.05, 0) is 49.4 Å². The first-order valence-corrected chi connectivity index (χ1v) is 11.0. The molecule has 0 radical (unpaired) electrons. The van der Waals surface area contributed by atoms with Crippen LogP contribution < -0.4 is 4.74 Å². The molecule has 0 amide bonds. The number of nitrogens with zero attached hydrogens (tertiary/aromatic N) is 3. The van der Waals surface area contributed by atoms with Gasteiger partial charge in [0, 0.05) is 31.0 Å². The van der Waals surface area contributed by atoms with Gasteiger partial charge in [0.15, 0.2) is 0 Å². The minimum Gasteiger partial charge on any atom is -0.419 e. The van der Waals surface area contributed by atoms with Gasteiger partial charge >= 0.3 is 0 Å². The number of aromatic nitrogens is 1. The Morgan fingerprint density at radius 3 is 2.67 bits per heavy atom. The average Bonchev–Trinajstić information content (AvgIpc) is 3.11. The van der Waals surface area contributed by atoms with E-state index in [4.69, 9.17) is 14.5 Å². The van der Waals surface area contributed by atoms with Crippen molar-refractivity contribution in [1.82, 2.24) is 9.88 Å². The highest BCUT2D eigenvalue weighted by molar-refractivity contribution is 5.88. The molecule has 30 heavy (non-hydrogen) atoms. The molecule has 0 N–H and O–H groups in total. The molecule has 0 fully saturated rings. The van der Waals surface area contributed by atoms with E-state index in [9.17, 15) is 0 Å². The van der Waals surface area contributed by atoms with E-state index in [0.717, 1.165) is 42.8 Å². The van der Waals surface area contributed by atoms with E-state index < -0.39 is 0 Å². The van der Waals surface area contributed by atoms with Crippen LogP contribution in [0.5, 0.6) is 5.88 Å². The lowest BCUT2D eigenvalue weighted by Crippen LogP contribution is -2.41. The van der Waals surface area contributed by atoms with Gasteiger partial charge in [-0.3, -0.25) is 0 Å². The number of allylic oxidation sites excluding steroid dienone is 1. The standard InChI is InChI=1S/C25H31N3O2/c1-5-19-16-28(24-20-11-9-8-10-18(20)15-22(24)29-7-3)21(6-2)25(27-19)30-23-14-17(4)12-13-26-23/h8-14,22,24H,5-7,15-16H2,1-4H3/t22-,24+/m0/s1. The largest absolute Gasteiger partial charge is 0.419 e. The lowest BCUT2D eigenvalue weighted by Gasteiger charge is -2.39. The molecule has 0 saturated carbocycles. The summed E-state index contributed by atoms with van der Waals surface area (Å²) in [7, 11) is 0. The third-order valence-corrected chi connectivity index (χ3v) is 5.90. The summed E-state index contributed by atoms with van der Waals surface area (Å²) in [6.45, 7) is 9.94. The van der Waals surface area contributed by atoms with E-state index in [-0.39, 0.29) is 12.1 Å². The predicted molar refractivity (Wildman–Crippen MR) is 120 cm³/mol. The summed E-state index contributed by atoms with van der Waals surface area (Å²) in [6.07, 6.45) is 4.56. The van der Waals surface area contributed by atoms with Crippen molar-refractivity contribution in [2.24, 2.45) is 4.99 Å². The highest BCUT2D eigenvalue weighted by Crippen LogP contribution is 2.42. The number of fused-ring (bicyclic) bond motifs is 1. The Bertz CT molecular complexity index is 966. The first-order valence-electron chi connectivity index (χ1n) is 11.0. The number of aliphatic imine (C=N–C) groups is 1. The minimum absolute atomic E-state index is 0.128. The van der Waals surface area contributed by atoms with Gasteiger partial charge in [-0.15, -0.1) is 0 Å². The zero-order chi connectivity index (χ0) is 21.1. The maximum atomic E-state index is 6.24. The van der Waals surface area contributed by atoms with Gasteiger partial charge in [0.2, 0.25) is 11.8 Å². The fourth-order valence-electron chi connectivity index (χ4n) is 4.48. The van der Waals surface area contributed by atoms with Crippen molar-refractivity contribution < 1.29 is 9.47 Å². The highest BCUT2D eigenvalue weighted by atomic mass is 16.5. The summed E-state index contributed by atoms with van der Waals surface area (Å²) in [5.74, 6) is 1.25. The van der Waals surface area contributed by atoms with Crippen LogP contribution in [0, 0.1) is 6.92 Å². The predicted octanol–water partition coefficient (Wildman–Crippen LogP) is 5.22. The topological polar surface area (TPSA) is 47.0 Å². The molecule has 2 aromatic rings. The van der Waals surface area contributed by atoms with E-state index in [1.165, 1.54) is 11.1 Å². The van der Waals surface area contributed by atoms with Crippen LogP contribution in [0.2, 0.25) is 0 Å². The third-order valence-electron chi connectivity index (χ3n) is 5.90. The van der Waals surface area contributed by atoms with E-state index in [1.807, 2.05) is 19.1 Å². The molecule has 0 saturated heterocycles. The van der Waals surface area contributed by atoms with Crippen LogP contribution >= 0.6 is 0 Å². The fraction of sp³-hybridized carbons (Fsp3) is 0.440. The van der Waals surface area contributed by atoms with Gasteiger partial charge in [0.25, 0.3) is 0 Å². The molecule has 0 spiro atoms. The Kier molecular flexibility index (Phi) is 6.18. The van der Waals surface area contributed by atoms with Gasteiger partial charge in [0.1, 0.15) is 0 Å². The van der Waals surface area contributed by atoms with Crippen LogP contribution in [0.15, 0.2) is 59.2 Å². The van der Waals surface area contributed by atoms with Crippen molar-refractivity contribution in [2.75, 3.05) is 13.2 Å². The Balaban J connectivity index is 1.76. The van der Waals surface area contributed by atoms with Crippen molar-refractivity contribution in [3.8, 4) is 5.88 Å². The van der Waals surface area contributed by atoms with Crippen molar-refractivity contribution in [3.05, 3.63) is 70.9 Å². The average molecular weight is 406 g/mol. The second kappa shape index (κ2) is 9.00. The van der Waals surface area contributed by atoms with Crippen molar-refractivity contribution in [3.63, 3.8) is 0 Å². The van der Waals surface area contributed by atoms with Crippen LogP contribution in [0.1, 0.15) is 56.3 Å². The van der Waals surface area contributed by atoms with E-state index >= 15 is 0 Å². The SMILES string of the molecule is CCO[C@H]1Cc2ccccc2[C@H]1N1CC(CC)=NC(Oc2cc(C)ccn2)=C1CC. The van der Waals surface area contributed by atoms with E-state index in [0.29, 0.717) is 18.4 Å². The van der Waals surface area contributed by atoms with Gasteiger partial charge in [-0.25, -0.2) is 9.98 Å². The van der Waals surface area contributed by atoms with E-state index in [1.54, 1.807) is 6.20 Å². The number of hydrogen-bond donors (Lipinski definition) is 0. The summed E-state index contributed by atoms with van der Waals surface area (Å²) in [4.78, 5) is 11.7. The summed E-state index contributed by atoms with van der Waals surface area (Å²) >= 11 is 0. The van der Waals surface area contributed by atoms with Crippen LogP contribution in [-0.4, -0.2) is 34.9 Å². The van der Waals surface area contributed by atoms with Crippen molar-refractivity contribution in [2.45, 2.75) is 59.1 Å². The molecular formula is C25H31N3O2. The maximum absolute atomic E-state index is 6.24. The maximum Gasteiger partial charge on any atom is 0.240 e. The zero-order valence-electron chi connectivity index (χ0n) is 18.4. The number of ether oxygens (including phenoxy) is 2. The summed E-state index contributed by atoms with van der Waals surface area (Å²) in [5, 5.41) is 0. The fourth-order valence-corrected chi connectivity index (χ4v) is 4.48. The monoisotopic (exact) mass is 405 g/mol. The van der Waals surface area contributed by atoms with Gasteiger partial charge in [-0.1, -0.05) is 38.1 Å². The number of benzene rings is 1. The molecule has 1 aromatic heterocycles.